The molecular formula is C15H21NO3. The number of aryl methyl sites for hydroxylation is 1. The maximum Gasteiger partial charge on any atom is 0.326 e. The Morgan fingerprint density at radius 2 is 1.89 bits per heavy atom. The van der Waals surface area contributed by atoms with Crippen molar-refractivity contribution < 1.29 is 14.7 Å². The van der Waals surface area contributed by atoms with Crippen LogP contribution in [0.2, 0.25) is 0 Å². The third-order valence-corrected chi connectivity index (χ3v) is 3.28. The van der Waals surface area contributed by atoms with E-state index in [4.69, 9.17) is 5.11 Å². The molecule has 1 rings (SSSR count). The van der Waals surface area contributed by atoms with Crippen molar-refractivity contribution in [2.24, 2.45) is 5.92 Å². The molecule has 2 N–H and O–H groups in total. The molecule has 1 amide bonds. The van der Waals surface area contributed by atoms with Crippen molar-refractivity contribution in [2.45, 2.75) is 39.2 Å². The Morgan fingerprint density at radius 1 is 1.26 bits per heavy atom. The van der Waals surface area contributed by atoms with Gasteiger partial charge in [-0.1, -0.05) is 50.6 Å². The van der Waals surface area contributed by atoms with Gasteiger partial charge in [0.2, 0.25) is 5.91 Å². The lowest BCUT2D eigenvalue weighted by molar-refractivity contribution is -0.143. The van der Waals surface area contributed by atoms with Gasteiger partial charge >= 0.3 is 5.97 Å². The summed E-state index contributed by atoms with van der Waals surface area (Å²) in [5.74, 6) is -1.25. The standard InChI is InChI=1S/C15H21NO3/c1-3-11(2)14(15(18)19)16-13(17)10-9-12-7-5-4-6-8-12/h4-8,11,14H,3,9-10H2,1-2H3,(H,16,17)(H,18,19)/t11-,14-/m0/s1. The monoisotopic (exact) mass is 263 g/mol. The van der Waals surface area contributed by atoms with Crippen LogP contribution in [0.5, 0.6) is 0 Å². The number of benzene rings is 1. The predicted molar refractivity (Wildman–Crippen MR) is 73.8 cm³/mol. The highest BCUT2D eigenvalue weighted by Gasteiger charge is 2.24. The summed E-state index contributed by atoms with van der Waals surface area (Å²) in [6.07, 6.45) is 1.65. The zero-order valence-corrected chi connectivity index (χ0v) is 11.4. The third kappa shape index (κ3) is 5.12. The zero-order valence-electron chi connectivity index (χ0n) is 11.4. The lowest BCUT2D eigenvalue weighted by Gasteiger charge is -2.20. The smallest absolute Gasteiger partial charge is 0.326 e. The van der Waals surface area contributed by atoms with E-state index in [1.165, 1.54) is 0 Å². The molecule has 104 valence electrons. The molecule has 0 aliphatic rings. The number of hydrogen-bond donors (Lipinski definition) is 2. The maximum absolute atomic E-state index is 11.8. The maximum atomic E-state index is 11.8. The molecular weight excluding hydrogens is 242 g/mol. The first-order chi connectivity index (χ1) is 9.04. The summed E-state index contributed by atoms with van der Waals surface area (Å²) in [6.45, 7) is 3.74. The molecule has 4 heteroatoms. The number of carboxylic acid groups (broad SMARTS) is 1. The lowest BCUT2D eigenvalue weighted by Crippen LogP contribution is -2.45. The predicted octanol–water partition coefficient (Wildman–Crippen LogP) is 2.23. The minimum atomic E-state index is -0.970. The summed E-state index contributed by atoms with van der Waals surface area (Å²) in [7, 11) is 0. The van der Waals surface area contributed by atoms with Crippen molar-refractivity contribution >= 4 is 11.9 Å². The van der Waals surface area contributed by atoms with Gasteiger partial charge in [0.15, 0.2) is 0 Å². The minimum absolute atomic E-state index is 0.0711. The SMILES string of the molecule is CC[C@H](C)[C@H](NC(=O)CCc1ccccc1)C(=O)O. The average molecular weight is 263 g/mol. The van der Waals surface area contributed by atoms with E-state index in [9.17, 15) is 9.59 Å². The quantitative estimate of drug-likeness (QED) is 0.792. The van der Waals surface area contributed by atoms with E-state index in [0.717, 1.165) is 12.0 Å². The van der Waals surface area contributed by atoms with Crippen molar-refractivity contribution in [2.75, 3.05) is 0 Å². The minimum Gasteiger partial charge on any atom is -0.480 e. The van der Waals surface area contributed by atoms with Crippen LogP contribution < -0.4 is 5.32 Å². The number of aliphatic carboxylic acids is 1. The summed E-state index contributed by atoms with van der Waals surface area (Å²) in [6, 6.07) is 8.88. The van der Waals surface area contributed by atoms with Gasteiger partial charge in [-0.25, -0.2) is 4.79 Å². The summed E-state index contributed by atoms with van der Waals surface area (Å²) in [4.78, 5) is 22.9. The van der Waals surface area contributed by atoms with Gasteiger partial charge in [-0.15, -0.1) is 0 Å². The van der Waals surface area contributed by atoms with E-state index in [-0.39, 0.29) is 11.8 Å². The van der Waals surface area contributed by atoms with Crippen LogP contribution in [0.3, 0.4) is 0 Å². The number of rotatable bonds is 7. The zero-order chi connectivity index (χ0) is 14.3. The molecule has 0 bridgehead atoms. The number of carbonyl (C=O) groups excluding carboxylic acids is 1. The molecule has 0 aliphatic carbocycles. The van der Waals surface area contributed by atoms with Gasteiger partial charge in [-0.3, -0.25) is 4.79 Å². The van der Waals surface area contributed by atoms with E-state index < -0.39 is 12.0 Å². The van der Waals surface area contributed by atoms with Crippen LogP contribution in [0.4, 0.5) is 0 Å². The Hall–Kier alpha value is -1.84. The number of hydrogen-bond acceptors (Lipinski definition) is 2. The first-order valence-corrected chi connectivity index (χ1v) is 6.60. The number of carboxylic acids is 1. The average Bonchev–Trinajstić information content (AvgIpc) is 2.42. The third-order valence-electron chi connectivity index (χ3n) is 3.28. The molecule has 0 spiro atoms. The second-order valence-corrected chi connectivity index (χ2v) is 4.75. The Morgan fingerprint density at radius 3 is 2.42 bits per heavy atom. The second kappa shape index (κ2) is 7.56. The topological polar surface area (TPSA) is 66.4 Å². The van der Waals surface area contributed by atoms with Crippen LogP contribution in [0.1, 0.15) is 32.3 Å². The summed E-state index contributed by atoms with van der Waals surface area (Å²) < 4.78 is 0. The molecule has 0 aromatic heterocycles. The number of nitrogens with one attached hydrogen (secondary N) is 1. The normalized spacial score (nSPS) is 13.6. The van der Waals surface area contributed by atoms with Gasteiger partial charge in [0, 0.05) is 6.42 Å². The number of amides is 1. The molecule has 1 aromatic carbocycles. The molecule has 19 heavy (non-hydrogen) atoms. The first kappa shape index (κ1) is 15.2. The van der Waals surface area contributed by atoms with Crippen molar-refractivity contribution in [3.63, 3.8) is 0 Å². The molecule has 0 saturated heterocycles. The molecule has 0 fully saturated rings. The van der Waals surface area contributed by atoms with Crippen LogP contribution in [-0.2, 0) is 16.0 Å². The van der Waals surface area contributed by atoms with E-state index >= 15 is 0 Å². The fourth-order valence-corrected chi connectivity index (χ4v) is 1.83. The van der Waals surface area contributed by atoms with Crippen molar-refractivity contribution in [1.82, 2.24) is 5.32 Å². The Balaban J connectivity index is 2.47. The Kier molecular flexibility index (Phi) is 6.06. The van der Waals surface area contributed by atoms with E-state index in [1.54, 1.807) is 0 Å². The molecule has 0 radical (unpaired) electrons. The van der Waals surface area contributed by atoms with Gasteiger partial charge in [-0.2, -0.15) is 0 Å². The Labute approximate surface area is 113 Å². The van der Waals surface area contributed by atoms with Crippen LogP contribution in [0, 0.1) is 5.92 Å². The highest BCUT2D eigenvalue weighted by molar-refractivity contribution is 5.83. The second-order valence-electron chi connectivity index (χ2n) is 4.75. The highest BCUT2D eigenvalue weighted by atomic mass is 16.4. The van der Waals surface area contributed by atoms with Crippen molar-refractivity contribution in [1.29, 1.82) is 0 Å². The summed E-state index contributed by atoms with van der Waals surface area (Å²) in [5.41, 5.74) is 1.08. The van der Waals surface area contributed by atoms with Gasteiger partial charge in [0.25, 0.3) is 0 Å². The van der Waals surface area contributed by atoms with Crippen molar-refractivity contribution in [3.8, 4) is 0 Å². The molecule has 0 saturated carbocycles. The van der Waals surface area contributed by atoms with Gasteiger partial charge in [0.1, 0.15) is 6.04 Å². The molecule has 4 nitrogen and oxygen atoms in total. The van der Waals surface area contributed by atoms with Gasteiger partial charge in [0.05, 0.1) is 0 Å². The van der Waals surface area contributed by atoms with Crippen LogP contribution in [0.25, 0.3) is 0 Å². The number of carbonyl (C=O) groups is 2. The van der Waals surface area contributed by atoms with Gasteiger partial charge in [-0.05, 0) is 17.9 Å². The fourth-order valence-electron chi connectivity index (χ4n) is 1.83. The van der Waals surface area contributed by atoms with E-state index in [2.05, 4.69) is 5.32 Å². The molecule has 2 atom stereocenters. The van der Waals surface area contributed by atoms with Crippen LogP contribution in [0.15, 0.2) is 30.3 Å². The summed E-state index contributed by atoms with van der Waals surface area (Å²) in [5, 5.41) is 11.7. The van der Waals surface area contributed by atoms with E-state index in [0.29, 0.717) is 12.8 Å². The van der Waals surface area contributed by atoms with Gasteiger partial charge < -0.3 is 10.4 Å². The first-order valence-electron chi connectivity index (χ1n) is 6.60. The van der Waals surface area contributed by atoms with Crippen molar-refractivity contribution in [3.05, 3.63) is 35.9 Å². The molecule has 0 unspecified atom stereocenters. The molecule has 1 aromatic rings. The molecule has 0 heterocycles. The summed E-state index contributed by atoms with van der Waals surface area (Å²) >= 11 is 0. The fraction of sp³-hybridized carbons (Fsp3) is 0.467. The Bertz CT molecular complexity index is 417. The lowest BCUT2D eigenvalue weighted by atomic mass is 9.99. The van der Waals surface area contributed by atoms with E-state index in [1.807, 2.05) is 44.2 Å². The van der Waals surface area contributed by atoms with Crippen LogP contribution in [-0.4, -0.2) is 23.0 Å². The van der Waals surface area contributed by atoms with Crippen LogP contribution >= 0.6 is 0 Å². The highest BCUT2D eigenvalue weighted by Crippen LogP contribution is 2.09. The largest absolute Gasteiger partial charge is 0.480 e. The molecule has 0 aliphatic heterocycles.